The van der Waals surface area contributed by atoms with E-state index in [0.29, 0.717) is 5.69 Å². The molecule has 0 aliphatic rings. The number of carbonyl (C=O) groups is 1. The standard InChI is InChI=1S/C11H9N3O5/c1-6-9(11(15)16)10(19-13-6)12-7-3-2-4-8(5-7)14(17)18/h2-5,12H,1H3,(H,15,16). The maximum absolute atomic E-state index is 11.0. The minimum absolute atomic E-state index is 0.0644. The first-order chi connectivity index (χ1) is 8.99. The average Bonchev–Trinajstić information content (AvgIpc) is 2.70. The molecule has 0 saturated carbocycles. The lowest BCUT2D eigenvalue weighted by molar-refractivity contribution is -0.384. The second-order valence-corrected chi connectivity index (χ2v) is 3.71. The van der Waals surface area contributed by atoms with Gasteiger partial charge in [-0.15, -0.1) is 0 Å². The molecular weight excluding hydrogens is 254 g/mol. The van der Waals surface area contributed by atoms with Crippen molar-refractivity contribution in [1.29, 1.82) is 0 Å². The third-order valence-corrected chi connectivity index (χ3v) is 2.39. The zero-order valence-electron chi connectivity index (χ0n) is 9.78. The fourth-order valence-corrected chi connectivity index (χ4v) is 1.54. The molecule has 8 nitrogen and oxygen atoms in total. The van der Waals surface area contributed by atoms with Crippen LogP contribution in [0.25, 0.3) is 0 Å². The summed E-state index contributed by atoms with van der Waals surface area (Å²) in [5, 5.41) is 25.8. The Bertz CT molecular complexity index is 650. The van der Waals surface area contributed by atoms with E-state index in [1.54, 1.807) is 6.07 Å². The fourth-order valence-electron chi connectivity index (χ4n) is 1.54. The maximum atomic E-state index is 11.0. The van der Waals surface area contributed by atoms with E-state index >= 15 is 0 Å². The lowest BCUT2D eigenvalue weighted by atomic mass is 10.2. The summed E-state index contributed by atoms with van der Waals surface area (Å²) in [6.07, 6.45) is 0. The molecule has 0 aliphatic heterocycles. The smallest absolute Gasteiger partial charge is 0.343 e. The summed E-state index contributed by atoms with van der Waals surface area (Å²) >= 11 is 0. The van der Waals surface area contributed by atoms with Crippen LogP contribution in [0.15, 0.2) is 28.8 Å². The largest absolute Gasteiger partial charge is 0.477 e. The van der Waals surface area contributed by atoms with Gasteiger partial charge < -0.3 is 14.9 Å². The highest BCUT2D eigenvalue weighted by molar-refractivity contribution is 5.94. The summed E-state index contributed by atoms with van der Waals surface area (Å²) in [5.41, 5.74) is 0.345. The molecule has 0 saturated heterocycles. The molecule has 0 unspecified atom stereocenters. The van der Waals surface area contributed by atoms with Crippen molar-refractivity contribution in [3.8, 4) is 0 Å². The summed E-state index contributed by atoms with van der Waals surface area (Å²) in [4.78, 5) is 21.1. The van der Waals surface area contributed by atoms with E-state index in [-0.39, 0.29) is 22.8 Å². The molecule has 0 aliphatic carbocycles. The predicted molar refractivity (Wildman–Crippen MR) is 64.6 cm³/mol. The van der Waals surface area contributed by atoms with E-state index < -0.39 is 10.9 Å². The van der Waals surface area contributed by atoms with Crippen LogP contribution in [-0.2, 0) is 0 Å². The third kappa shape index (κ3) is 2.51. The van der Waals surface area contributed by atoms with Gasteiger partial charge in [-0.2, -0.15) is 0 Å². The van der Waals surface area contributed by atoms with Gasteiger partial charge in [0, 0.05) is 17.8 Å². The molecule has 98 valence electrons. The molecule has 19 heavy (non-hydrogen) atoms. The number of nitrogens with zero attached hydrogens (tertiary/aromatic N) is 2. The fraction of sp³-hybridized carbons (Fsp3) is 0.0909. The molecule has 1 aromatic heterocycles. The highest BCUT2D eigenvalue weighted by Gasteiger charge is 2.20. The summed E-state index contributed by atoms with van der Waals surface area (Å²) in [7, 11) is 0. The van der Waals surface area contributed by atoms with Crippen molar-refractivity contribution in [1.82, 2.24) is 5.16 Å². The van der Waals surface area contributed by atoms with E-state index in [4.69, 9.17) is 9.63 Å². The summed E-state index contributed by atoms with van der Waals surface area (Å²) in [6.45, 7) is 1.49. The van der Waals surface area contributed by atoms with Gasteiger partial charge >= 0.3 is 5.97 Å². The number of carboxylic acids is 1. The molecule has 1 aromatic carbocycles. The first-order valence-corrected chi connectivity index (χ1v) is 5.20. The maximum Gasteiger partial charge on any atom is 0.343 e. The first kappa shape index (κ1) is 12.6. The van der Waals surface area contributed by atoms with Gasteiger partial charge in [0.05, 0.1) is 10.6 Å². The van der Waals surface area contributed by atoms with Crippen LogP contribution in [0.1, 0.15) is 16.1 Å². The third-order valence-electron chi connectivity index (χ3n) is 2.39. The normalized spacial score (nSPS) is 10.2. The van der Waals surface area contributed by atoms with Crippen molar-refractivity contribution >= 4 is 23.2 Å². The van der Waals surface area contributed by atoms with Crippen LogP contribution in [0.5, 0.6) is 0 Å². The Labute approximate surface area is 106 Å². The highest BCUT2D eigenvalue weighted by atomic mass is 16.6. The molecule has 0 atom stereocenters. The summed E-state index contributed by atoms with van der Waals surface area (Å²) < 4.78 is 4.85. The molecule has 0 fully saturated rings. The highest BCUT2D eigenvalue weighted by Crippen LogP contribution is 2.25. The van der Waals surface area contributed by atoms with Crippen LogP contribution in [0, 0.1) is 17.0 Å². The Morgan fingerprint density at radius 1 is 1.53 bits per heavy atom. The van der Waals surface area contributed by atoms with Crippen LogP contribution in [0.2, 0.25) is 0 Å². The van der Waals surface area contributed by atoms with Crippen molar-refractivity contribution in [3.63, 3.8) is 0 Å². The average molecular weight is 263 g/mol. The van der Waals surface area contributed by atoms with Crippen LogP contribution in [0.3, 0.4) is 0 Å². The number of hydrogen-bond donors (Lipinski definition) is 2. The second kappa shape index (κ2) is 4.77. The Morgan fingerprint density at radius 3 is 2.89 bits per heavy atom. The number of nitro benzene ring substituents is 1. The molecule has 8 heteroatoms. The van der Waals surface area contributed by atoms with Gasteiger partial charge in [-0.1, -0.05) is 11.2 Å². The minimum Gasteiger partial charge on any atom is -0.477 e. The number of non-ortho nitro benzene ring substituents is 1. The van der Waals surface area contributed by atoms with E-state index in [2.05, 4.69) is 10.5 Å². The van der Waals surface area contributed by atoms with E-state index in [0.717, 1.165) is 0 Å². The lowest BCUT2D eigenvalue weighted by Gasteiger charge is -2.02. The number of aromatic nitrogens is 1. The van der Waals surface area contributed by atoms with Gasteiger partial charge in [0.25, 0.3) is 5.69 Å². The quantitative estimate of drug-likeness (QED) is 0.641. The van der Waals surface area contributed by atoms with Crippen molar-refractivity contribution in [3.05, 3.63) is 45.6 Å². The van der Waals surface area contributed by atoms with E-state index in [9.17, 15) is 14.9 Å². The van der Waals surface area contributed by atoms with E-state index in [1.165, 1.54) is 25.1 Å². The van der Waals surface area contributed by atoms with Gasteiger partial charge in [-0.25, -0.2) is 4.79 Å². The Kier molecular flexibility index (Phi) is 3.15. The van der Waals surface area contributed by atoms with Crippen LogP contribution < -0.4 is 5.32 Å². The van der Waals surface area contributed by atoms with Crippen LogP contribution in [-0.4, -0.2) is 21.2 Å². The molecule has 0 radical (unpaired) electrons. The number of carboxylic acid groups (broad SMARTS) is 1. The second-order valence-electron chi connectivity index (χ2n) is 3.71. The van der Waals surface area contributed by atoms with Gasteiger partial charge in [0.15, 0.2) is 0 Å². The molecule has 2 N–H and O–H groups in total. The van der Waals surface area contributed by atoms with Crippen molar-refractivity contribution in [2.24, 2.45) is 0 Å². The number of anilines is 2. The van der Waals surface area contributed by atoms with Crippen molar-refractivity contribution < 1.29 is 19.3 Å². The Balaban J connectivity index is 2.34. The Hall–Kier alpha value is -2.90. The number of hydrogen-bond acceptors (Lipinski definition) is 6. The zero-order valence-corrected chi connectivity index (χ0v) is 9.78. The summed E-state index contributed by atoms with van der Waals surface area (Å²) in [5.74, 6) is -1.25. The van der Waals surface area contributed by atoms with Crippen molar-refractivity contribution in [2.75, 3.05) is 5.32 Å². The SMILES string of the molecule is Cc1noc(Nc2cccc([N+](=O)[O-])c2)c1C(=O)O. The minimum atomic E-state index is -1.19. The summed E-state index contributed by atoms with van der Waals surface area (Å²) in [6, 6.07) is 5.62. The van der Waals surface area contributed by atoms with Crippen LogP contribution >= 0.6 is 0 Å². The van der Waals surface area contributed by atoms with E-state index in [1.807, 2.05) is 0 Å². The monoisotopic (exact) mass is 263 g/mol. The lowest BCUT2D eigenvalue weighted by Crippen LogP contribution is -2.01. The van der Waals surface area contributed by atoms with Gasteiger partial charge in [-0.3, -0.25) is 10.1 Å². The number of nitrogens with one attached hydrogen (secondary N) is 1. The topological polar surface area (TPSA) is 119 Å². The molecule has 2 aromatic rings. The number of rotatable bonds is 4. The predicted octanol–water partition coefficient (Wildman–Crippen LogP) is 2.33. The number of aromatic carboxylic acids is 1. The molecular formula is C11H9N3O5. The molecule has 0 bridgehead atoms. The van der Waals surface area contributed by atoms with Gasteiger partial charge in [0.2, 0.25) is 5.88 Å². The number of nitro groups is 1. The molecule has 2 rings (SSSR count). The number of benzene rings is 1. The van der Waals surface area contributed by atoms with Gasteiger partial charge in [-0.05, 0) is 13.0 Å². The molecule has 1 heterocycles. The number of aryl methyl sites for hydroxylation is 1. The molecule has 0 spiro atoms. The van der Waals surface area contributed by atoms with Crippen LogP contribution in [0.4, 0.5) is 17.3 Å². The van der Waals surface area contributed by atoms with Gasteiger partial charge in [0.1, 0.15) is 5.56 Å². The Morgan fingerprint density at radius 2 is 2.26 bits per heavy atom. The molecule has 0 amide bonds. The first-order valence-electron chi connectivity index (χ1n) is 5.20. The zero-order chi connectivity index (χ0) is 14.0. The van der Waals surface area contributed by atoms with Crippen molar-refractivity contribution in [2.45, 2.75) is 6.92 Å².